The average molecular weight is 451 g/mol. The zero-order valence-corrected chi connectivity index (χ0v) is 17.6. The van der Waals surface area contributed by atoms with Crippen LogP contribution in [0, 0.1) is 0 Å². The predicted octanol–water partition coefficient (Wildman–Crippen LogP) is 3.66. The van der Waals surface area contributed by atoms with E-state index in [0.29, 0.717) is 16.7 Å². The normalized spacial score (nSPS) is 14.5. The molecule has 2 aromatic heterocycles. The van der Waals surface area contributed by atoms with Crippen LogP contribution in [0.3, 0.4) is 0 Å². The first-order valence-electron chi connectivity index (χ1n) is 9.38. The van der Waals surface area contributed by atoms with Crippen molar-refractivity contribution in [1.29, 1.82) is 0 Å². The lowest BCUT2D eigenvalue weighted by atomic mass is 10.1. The lowest BCUT2D eigenvalue weighted by Crippen LogP contribution is -2.33. The summed E-state index contributed by atoms with van der Waals surface area (Å²) in [6.45, 7) is 0.244. The molecular formula is C22H15ClN4O3S. The molecule has 1 N–H and O–H groups in total. The first-order chi connectivity index (χ1) is 15.0. The summed E-state index contributed by atoms with van der Waals surface area (Å²) in [5, 5.41) is 3.58. The van der Waals surface area contributed by atoms with Crippen molar-refractivity contribution in [3.05, 3.63) is 99.4 Å². The molecule has 1 aliphatic rings. The van der Waals surface area contributed by atoms with Crippen molar-refractivity contribution in [1.82, 2.24) is 9.55 Å². The van der Waals surface area contributed by atoms with Gasteiger partial charge >= 0.3 is 0 Å². The summed E-state index contributed by atoms with van der Waals surface area (Å²) in [4.78, 5) is 17.9. The highest BCUT2D eigenvalue weighted by Gasteiger charge is 2.29. The number of fused-ring (bicyclic) bond motifs is 2. The molecule has 0 saturated carbocycles. The zero-order valence-electron chi connectivity index (χ0n) is 16.0. The Kier molecular flexibility index (Phi) is 4.60. The summed E-state index contributed by atoms with van der Waals surface area (Å²) in [6, 6.07) is 19.3. The molecule has 5 rings (SSSR count). The molecule has 2 aromatic carbocycles. The van der Waals surface area contributed by atoms with Crippen molar-refractivity contribution in [3.63, 3.8) is 0 Å². The fourth-order valence-electron chi connectivity index (χ4n) is 3.58. The van der Waals surface area contributed by atoms with Gasteiger partial charge in [-0.2, -0.15) is 8.42 Å². The molecule has 0 radical (unpaired) electrons. The van der Waals surface area contributed by atoms with Gasteiger partial charge in [-0.1, -0.05) is 54.1 Å². The lowest BCUT2D eigenvalue weighted by molar-refractivity contribution is 0.598. The van der Waals surface area contributed by atoms with Crippen LogP contribution in [0.1, 0.15) is 11.1 Å². The molecule has 0 unspecified atom stereocenters. The van der Waals surface area contributed by atoms with Gasteiger partial charge in [-0.3, -0.25) is 9.36 Å². The molecule has 0 spiro atoms. The van der Waals surface area contributed by atoms with Gasteiger partial charge in [-0.25, -0.2) is 4.98 Å². The molecule has 9 heteroatoms. The van der Waals surface area contributed by atoms with Gasteiger partial charge < -0.3 is 5.32 Å². The standard InChI is InChI=1S/C22H15ClN4O3S/c23-19-15-9-6-12-24-21(15)27(13-14-7-2-1-3-8-14)22(28)18(19)20-25-16-10-4-5-11-17(16)31(29,30)26-20/h1-12H,13H2,(H,25,26). The van der Waals surface area contributed by atoms with Gasteiger partial charge in [0, 0.05) is 11.6 Å². The fourth-order valence-corrected chi connectivity index (χ4v) is 5.02. The Morgan fingerprint density at radius 2 is 1.71 bits per heavy atom. The van der Waals surface area contributed by atoms with E-state index in [2.05, 4.69) is 14.7 Å². The second kappa shape index (κ2) is 7.33. The minimum Gasteiger partial charge on any atom is -0.338 e. The first kappa shape index (κ1) is 19.5. The Morgan fingerprint density at radius 1 is 0.968 bits per heavy atom. The number of hydrogen-bond acceptors (Lipinski definition) is 5. The molecule has 0 atom stereocenters. The minimum absolute atomic E-state index is 0.0174. The van der Waals surface area contributed by atoms with Crippen LogP contribution in [0.25, 0.3) is 11.0 Å². The van der Waals surface area contributed by atoms with Crippen molar-refractivity contribution >= 4 is 44.2 Å². The van der Waals surface area contributed by atoms with Crippen molar-refractivity contribution in [2.75, 3.05) is 5.32 Å². The maximum absolute atomic E-state index is 13.6. The average Bonchev–Trinajstić information content (AvgIpc) is 2.77. The summed E-state index contributed by atoms with van der Waals surface area (Å²) in [7, 11) is -3.99. The second-order valence-electron chi connectivity index (χ2n) is 6.98. The monoisotopic (exact) mass is 450 g/mol. The van der Waals surface area contributed by atoms with Crippen LogP contribution < -0.4 is 10.9 Å². The Balaban J connectivity index is 1.77. The van der Waals surface area contributed by atoms with E-state index in [1.807, 2.05) is 30.3 Å². The summed E-state index contributed by atoms with van der Waals surface area (Å²) in [5.41, 5.74) is 1.13. The number of aromatic nitrogens is 2. The quantitative estimate of drug-likeness (QED) is 0.514. The van der Waals surface area contributed by atoms with Crippen LogP contribution in [0.15, 0.2) is 87.0 Å². The third-order valence-electron chi connectivity index (χ3n) is 5.01. The van der Waals surface area contributed by atoms with Gasteiger partial charge in [0.2, 0.25) is 0 Å². The number of nitrogens with zero attached hydrogens (tertiary/aromatic N) is 3. The van der Waals surface area contributed by atoms with E-state index >= 15 is 0 Å². The Hall–Kier alpha value is -3.49. The van der Waals surface area contributed by atoms with E-state index in [1.54, 1.807) is 36.5 Å². The van der Waals surface area contributed by atoms with Crippen molar-refractivity contribution in [2.24, 2.45) is 4.40 Å². The third-order valence-corrected chi connectivity index (χ3v) is 6.73. The van der Waals surface area contributed by atoms with Crippen LogP contribution in [0.2, 0.25) is 5.02 Å². The fraction of sp³-hybridized carbons (Fsp3) is 0.0455. The maximum atomic E-state index is 13.6. The van der Waals surface area contributed by atoms with Gasteiger partial charge in [0.15, 0.2) is 5.84 Å². The van der Waals surface area contributed by atoms with E-state index in [1.165, 1.54) is 10.6 Å². The van der Waals surface area contributed by atoms with E-state index in [4.69, 9.17) is 11.6 Å². The molecule has 154 valence electrons. The number of benzene rings is 2. The molecular weight excluding hydrogens is 436 g/mol. The molecule has 1 aliphatic heterocycles. The van der Waals surface area contributed by atoms with E-state index < -0.39 is 15.6 Å². The topological polar surface area (TPSA) is 93.4 Å². The first-order valence-corrected chi connectivity index (χ1v) is 11.2. The Labute approximate surface area is 182 Å². The predicted molar refractivity (Wildman–Crippen MR) is 120 cm³/mol. The highest BCUT2D eigenvalue weighted by Crippen LogP contribution is 2.31. The van der Waals surface area contributed by atoms with Crippen LogP contribution in [-0.4, -0.2) is 23.8 Å². The lowest BCUT2D eigenvalue weighted by Gasteiger charge is -2.20. The Morgan fingerprint density at radius 3 is 2.52 bits per heavy atom. The maximum Gasteiger partial charge on any atom is 0.286 e. The molecule has 0 aliphatic carbocycles. The molecule has 4 aromatic rings. The summed E-state index contributed by atoms with van der Waals surface area (Å²) in [6.07, 6.45) is 1.58. The highest BCUT2D eigenvalue weighted by molar-refractivity contribution is 7.90. The Bertz CT molecular complexity index is 1530. The SMILES string of the molecule is O=c1c(C2=NS(=O)(=O)c3ccccc3N2)c(Cl)c2cccnc2n1Cc1ccccc1. The summed E-state index contributed by atoms with van der Waals surface area (Å²) < 4.78 is 30.8. The molecule has 7 nitrogen and oxygen atoms in total. The number of pyridine rings is 2. The molecule has 0 bridgehead atoms. The number of para-hydroxylation sites is 1. The van der Waals surface area contributed by atoms with Gasteiger partial charge in [0.25, 0.3) is 15.6 Å². The number of rotatable bonds is 3. The molecule has 31 heavy (non-hydrogen) atoms. The van der Waals surface area contributed by atoms with Crippen molar-refractivity contribution in [2.45, 2.75) is 11.4 Å². The number of halogens is 1. The van der Waals surface area contributed by atoms with Gasteiger partial charge in [0.1, 0.15) is 16.1 Å². The van der Waals surface area contributed by atoms with Crippen LogP contribution in [0.5, 0.6) is 0 Å². The zero-order chi connectivity index (χ0) is 21.6. The third kappa shape index (κ3) is 3.30. The number of nitrogens with one attached hydrogen (secondary N) is 1. The van der Waals surface area contributed by atoms with Crippen LogP contribution >= 0.6 is 11.6 Å². The van der Waals surface area contributed by atoms with Crippen molar-refractivity contribution in [3.8, 4) is 0 Å². The largest absolute Gasteiger partial charge is 0.338 e. The van der Waals surface area contributed by atoms with Crippen LogP contribution in [-0.2, 0) is 16.6 Å². The van der Waals surface area contributed by atoms with E-state index in [-0.39, 0.29) is 27.9 Å². The highest BCUT2D eigenvalue weighted by atomic mass is 35.5. The van der Waals surface area contributed by atoms with Crippen LogP contribution in [0.4, 0.5) is 5.69 Å². The van der Waals surface area contributed by atoms with E-state index in [0.717, 1.165) is 5.56 Å². The summed E-state index contributed by atoms with van der Waals surface area (Å²) >= 11 is 6.61. The van der Waals surface area contributed by atoms with Gasteiger partial charge in [0.05, 0.1) is 17.3 Å². The van der Waals surface area contributed by atoms with Gasteiger partial charge in [-0.15, -0.1) is 4.40 Å². The van der Waals surface area contributed by atoms with Gasteiger partial charge in [-0.05, 0) is 29.8 Å². The molecule has 3 heterocycles. The molecule has 0 fully saturated rings. The summed E-state index contributed by atoms with van der Waals surface area (Å²) in [5.74, 6) is -0.110. The molecule has 0 amide bonds. The minimum atomic E-state index is -3.99. The smallest absolute Gasteiger partial charge is 0.286 e. The number of amidine groups is 1. The van der Waals surface area contributed by atoms with E-state index in [9.17, 15) is 13.2 Å². The number of hydrogen-bond donors (Lipinski definition) is 1. The second-order valence-corrected chi connectivity index (χ2v) is 8.93. The number of sulfonamides is 1. The number of anilines is 1. The molecule has 0 saturated heterocycles. The van der Waals surface area contributed by atoms with Crippen molar-refractivity contribution < 1.29 is 8.42 Å².